The van der Waals surface area contributed by atoms with Crippen molar-refractivity contribution in [3.63, 3.8) is 0 Å². The second kappa shape index (κ2) is 7.17. The van der Waals surface area contributed by atoms with Crippen molar-refractivity contribution in [1.82, 2.24) is 0 Å². The zero-order chi connectivity index (χ0) is 13.5. The lowest BCUT2D eigenvalue weighted by molar-refractivity contribution is -0.142. The van der Waals surface area contributed by atoms with Crippen LogP contribution in [-0.4, -0.2) is 12.6 Å². The zero-order valence-corrected chi connectivity index (χ0v) is 12.2. The minimum atomic E-state index is -0.247. The first-order valence-electron chi connectivity index (χ1n) is 5.92. The molecule has 1 aromatic rings. The van der Waals surface area contributed by atoms with Gasteiger partial charge in [-0.05, 0) is 42.2 Å². The second-order valence-corrected chi connectivity index (χ2v) is 4.41. The average molecular weight is 310 g/mol. The number of esters is 1. The number of hydrogen-bond acceptors (Lipinski definition) is 3. The lowest BCUT2D eigenvalue weighted by Crippen LogP contribution is -2.10. The molecule has 1 aromatic carbocycles. The summed E-state index contributed by atoms with van der Waals surface area (Å²) in [6.45, 7) is 4.21. The van der Waals surface area contributed by atoms with Crippen LogP contribution >= 0.6 is 15.9 Å². The van der Waals surface area contributed by atoms with Gasteiger partial charge in [-0.25, -0.2) is 0 Å². The molecule has 0 amide bonds. The van der Waals surface area contributed by atoms with Gasteiger partial charge in [0.25, 0.3) is 0 Å². The Bertz CT molecular complexity index is 477. The summed E-state index contributed by atoms with van der Waals surface area (Å²) in [5.74, 6) is -0.247. The van der Waals surface area contributed by atoms with Crippen molar-refractivity contribution < 1.29 is 9.53 Å². The number of benzene rings is 1. The molecule has 0 saturated heterocycles. The van der Waals surface area contributed by atoms with E-state index in [1.54, 1.807) is 13.0 Å². The molecule has 0 spiro atoms. The molecular weight excluding hydrogens is 294 g/mol. The molecule has 0 fully saturated rings. The Balaban J connectivity index is 3.15. The summed E-state index contributed by atoms with van der Waals surface area (Å²) in [5, 5.41) is 9.68. The summed E-state index contributed by atoms with van der Waals surface area (Å²) in [5.41, 5.74) is 3.67. The number of carbonyl (C=O) groups is 1. The van der Waals surface area contributed by atoms with Crippen molar-refractivity contribution in [3.05, 3.63) is 34.4 Å². The molecular formula is C14H16BrNO2. The fraction of sp³-hybridized carbons (Fsp3) is 0.429. The van der Waals surface area contributed by atoms with Gasteiger partial charge in [0, 0.05) is 5.33 Å². The van der Waals surface area contributed by atoms with Crippen LogP contribution in [0.2, 0.25) is 0 Å². The Hall–Kier alpha value is -1.34. The summed E-state index contributed by atoms with van der Waals surface area (Å²) in [4.78, 5) is 11.6. The van der Waals surface area contributed by atoms with Gasteiger partial charge < -0.3 is 4.74 Å². The topological polar surface area (TPSA) is 50.1 Å². The van der Waals surface area contributed by atoms with Crippen molar-refractivity contribution in [2.24, 2.45) is 0 Å². The van der Waals surface area contributed by atoms with Crippen molar-refractivity contribution in [2.45, 2.75) is 32.0 Å². The van der Waals surface area contributed by atoms with Gasteiger partial charge in [0.2, 0.25) is 0 Å². The minimum absolute atomic E-state index is 0.229. The first-order chi connectivity index (χ1) is 8.65. The highest BCUT2D eigenvalue weighted by atomic mass is 79.9. The van der Waals surface area contributed by atoms with E-state index in [1.807, 2.05) is 13.0 Å². The molecule has 0 aliphatic rings. The summed E-state index contributed by atoms with van der Waals surface area (Å²) in [6.07, 6.45) is 1.06. The first kappa shape index (κ1) is 14.7. The van der Waals surface area contributed by atoms with Crippen LogP contribution in [0.25, 0.3) is 0 Å². The normalized spacial score (nSPS) is 9.89. The Kier molecular flexibility index (Phi) is 5.87. The lowest BCUT2D eigenvalue weighted by Gasteiger charge is -2.12. The van der Waals surface area contributed by atoms with Gasteiger partial charge >= 0.3 is 5.97 Å². The molecule has 0 N–H and O–H groups in total. The average Bonchev–Trinajstić information content (AvgIpc) is 2.37. The third kappa shape index (κ3) is 3.58. The highest BCUT2D eigenvalue weighted by Crippen LogP contribution is 2.21. The van der Waals surface area contributed by atoms with Gasteiger partial charge in [0.1, 0.15) is 0 Å². The number of rotatable bonds is 5. The monoisotopic (exact) mass is 309 g/mol. The predicted octanol–water partition coefficient (Wildman–Crippen LogP) is 3.12. The fourth-order valence-corrected chi connectivity index (χ4v) is 2.46. The maximum absolute atomic E-state index is 11.6. The molecule has 0 aromatic heterocycles. The van der Waals surface area contributed by atoms with Crippen LogP contribution in [0, 0.1) is 11.3 Å². The predicted molar refractivity (Wildman–Crippen MR) is 73.5 cm³/mol. The molecule has 1 rings (SSSR count). The molecule has 3 nitrogen and oxygen atoms in total. The number of nitriles is 1. The molecule has 0 aliphatic carbocycles. The zero-order valence-electron chi connectivity index (χ0n) is 10.6. The van der Waals surface area contributed by atoms with E-state index in [4.69, 9.17) is 10.00 Å². The molecule has 0 atom stereocenters. The van der Waals surface area contributed by atoms with Crippen LogP contribution in [0.15, 0.2) is 12.1 Å². The number of alkyl halides is 1. The Labute approximate surface area is 116 Å². The van der Waals surface area contributed by atoms with Crippen LogP contribution in [0.4, 0.5) is 0 Å². The van der Waals surface area contributed by atoms with Crippen LogP contribution in [-0.2, 0) is 27.7 Å². The SMILES string of the molecule is CCOC(=O)Cc1cc(C#N)cc(CBr)c1CC. The number of ether oxygens (including phenoxy) is 1. The third-order valence-corrected chi connectivity index (χ3v) is 3.31. The number of hydrogen-bond donors (Lipinski definition) is 0. The fourth-order valence-electron chi connectivity index (χ4n) is 1.96. The standard InChI is InChI=1S/C14H16BrNO2/c1-3-13-11(7-14(17)18-4-2)5-10(9-16)6-12(13)8-15/h5-6H,3-4,7-8H2,1-2H3. The highest BCUT2D eigenvalue weighted by Gasteiger charge is 2.13. The van der Waals surface area contributed by atoms with E-state index < -0.39 is 0 Å². The van der Waals surface area contributed by atoms with Crippen LogP contribution in [0.3, 0.4) is 0 Å². The van der Waals surface area contributed by atoms with E-state index in [1.165, 1.54) is 0 Å². The van der Waals surface area contributed by atoms with E-state index in [-0.39, 0.29) is 12.4 Å². The van der Waals surface area contributed by atoms with Gasteiger partial charge in [-0.15, -0.1) is 0 Å². The largest absolute Gasteiger partial charge is 0.466 e. The number of nitrogens with zero attached hydrogens (tertiary/aromatic N) is 1. The van der Waals surface area contributed by atoms with E-state index in [0.717, 1.165) is 23.1 Å². The first-order valence-corrected chi connectivity index (χ1v) is 7.04. The van der Waals surface area contributed by atoms with Gasteiger partial charge in [0.15, 0.2) is 0 Å². The summed E-state index contributed by atoms with van der Waals surface area (Å²) in [6, 6.07) is 5.77. The molecule has 96 valence electrons. The Morgan fingerprint density at radius 1 is 1.39 bits per heavy atom. The quantitative estimate of drug-likeness (QED) is 0.620. The van der Waals surface area contributed by atoms with Gasteiger partial charge in [0.05, 0.1) is 24.7 Å². The molecule has 0 radical (unpaired) electrons. The molecule has 0 saturated carbocycles. The van der Waals surface area contributed by atoms with E-state index in [0.29, 0.717) is 17.5 Å². The summed E-state index contributed by atoms with van der Waals surface area (Å²) >= 11 is 3.42. The molecule has 0 bridgehead atoms. The Morgan fingerprint density at radius 2 is 2.06 bits per heavy atom. The van der Waals surface area contributed by atoms with E-state index >= 15 is 0 Å². The van der Waals surface area contributed by atoms with Crippen molar-refractivity contribution >= 4 is 21.9 Å². The van der Waals surface area contributed by atoms with Gasteiger partial charge in [-0.1, -0.05) is 22.9 Å². The molecule has 0 unspecified atom stereocenters. The smallest absolute Gasteiger partial charge is 0.310 e. The lowest BCUT2D eigenvalue weighted by atomic mass is 9.95. The van der Waals surface area contributed by atoms with Gasteiger partial charge in [-0.2, -0.15) is 5.26 Å². The number of carbonyl (C=O) groups excluding carboxylic acids is 1. The van der Waals surface area contributed by atoms with E-state index in [2.05, 4.69) is 22.0 Å². The second-order valence-electron chi connectivity index (χ2n) is 3.85. The summed E-state index contributed by atoms with van der Waals surface area (Å²) < 4.78 is 4.96. The molecule has 0 aliphatic heterocycles. The molecule has 4 heteroatoms. The highest BCUT2D eigenvalue weighted by molar-refractivity contribution is 9.08. The Morgan fingerprint density at radius 3 is 2.56 bits per heavy atom. The van der Waals surface area contributed by atoms with Crippen LogP contribution < -0.4 is 0 Å². The van der Waals surface area contributed by atoms with E-state index in [9.17, 15) is 4.79 Å². The molecule has 0 heterocycles. The van der Waals surface area contributed by atoms with Crippen molar-refractivity contribution in [1.29, 1.82) is 5.26 Å². The van der Waals surface area contributed by atoms with Crippen LogP contribution in [0.1, 0.15) is 36.1 Å². The molecule has 18 heavy (non-hydrogen) atoms. The van der Waals surface area contributed by atoms with Crippen LogP contribution in [0.5, 0.6) is 0 Å². The number of halogens is 1. The third-order valence-electron chi connectivity index (χ3n) is 2.70. The summed E-state index contributed by atoms with van der Waals surface area (Å²) in [7, 11) is 0. The van der Waals surface area contributed by atoms with Gasteiger partial charge in [-0.3, -0.25) is 4.79 Å². The maximum Gasteiger partial charge on any atom is 0.310 e. The minimum Gasteiger partial charge on any atom is -0.466 e. The van der Waals surface area contributed by atoms with Crippen molar-refractivity contribution in [2.75, 3.05) is 6.61 Å². The van der Waals surface area contributed by atoms with Crippen molar-refractivity contribution in [3.8, 4) is 6.07 Å². The maximum atomic E-state index is 11.6.